The number of halogens is 1. The summed E-state index contributed by atoms with van der Waals surface area (Å²) < 4.78 is 5.03. The Balaban J connectivity index is 2.23. The number of methoxy groups -OCH3 is 1. The van der Waals surface area contributed by atoms with Gasteiger partial charge in [-0.1, -0.05) is 17.7 Å². The van der Waals surface area contributed by atoms with E-state index in [1.165, 1.54) is 7.11 Å². The Morgan fingerprint density at radius 3 is 2.35 bits per heavy atom. The number of aryl methyl sites for hydroxylation is 2. The van der Waals surface area contributed by atoms with Gasteiger partial charge in [-0.25, -0.2) is 4.79 Å². The molecule has 1 saturated heterocycles. The number of ether oxygens (including phenoxy) is 1. The molecule has 2 rings (SSSR count). The van der Waals surface area contributed by atoms with Crippen molar-refractivity contribution in [1.29, 1.82) is 0 Å². The molecule has 1 aromatic rings. The molecule has 0 unspecified atom stereocenters. The number of hydrogen-bond acceptors (Lipinski definition) is 5. The fourth-order valence-electron chi connectivity index (χ4n) is 3.46. The highest BCUT2D eigenvalue weighted by Crippen LogP contribution is 2.31. The molecule has 1 aliphatic heterocycles. The number of piperidine rings is 1. The van der Waals surface area contributed by atoms with E-state index in [2.05, 4.69) is 0 Å². The number of rotatable bonds is 5. The first-order chi connectivity index (χ1) is 12.2. The smallest absolute Gasteiger partial charge is 0.331 e. The highest BCUT2D eigenvalue weighted by atomic mass is 35.5. The first kappa shape index (κ1) is 20.7. The SMILES string of the molecule is COC(=O)C1(N(C)C(=O)Cc2cc(C)c(Cl)cc2C)CCN(OC)CC1. The molecular weight excluding hydrogens is 356 g/mol. The van der Waals surface area contributed by atoms with Crippen molar-refractivity contribution in [2.45, 2.75) is 38.6 Å². The summed E-state index contributed by atoms with van der Waals surface area (Å²) in [4.78, 5) is 32.3. The summed E-state index contributed by atoms with van der Waals surface area (Å²) in [6, 6.07) is 3.80. The third-order valence-corrected chi connectivity index (χ3v) is 5.76. The number of hydroxylamine groups is 2. The molecule has 0 bridgehead atoms. The predicted octanol–water partition coefficient (Wildman–Crippen LogP) is 2.53. The van der Waals surface area contributed by atoms with Gasteiger partial charge in [-0.15, -0.1) is 0 Å². The molecule has 1 amide bonds. The Hall–Kier alpha value is -1.63. The Morgan fingerprint density at radius 2 is 1.81 bits per heavy atom. The average molecular weight is 383 g/mol. The van der Waals surface area contributed by atoms with Crippen LogP contribution in [0.15, 0.2) is 12.1 Å². The first-order valence-corrected chi connectivity index (χ1v) is 9.02. The third kappa shape index (κ3) is 4.03. The summed E-state index contributed by atoms with van der Waals surface area (Å²) in [7, 11) is 4.64. The van der Waals surface area contributed by atoms with E-state index in [1.54, 1.807) is 24.1 Å². The van der Waals surface area contributed by atoms with Crippen LogP contribution >= 0.6 is 11.6 Å². The van der Waals surface area contributed by atoms with Gasteiger partial charge in [0.05, 0.1) is 20.6 Å². The van der Waals surface area contributed by atoms with Gasteiger partial charge < -0.3 is 14.5 Å². The van der Waals surface area contributed by atoms with Crippen molar-refractivity contribution in [3.05, 3.63) is 33.8 Å². The highest BCUT2D eigenvalue weighted by Gasteiger charge is 2.47. The number of carbonyl (C=O) groups is 2. The lowest BCUT2D eigenvalue weighted by atomic mass is 9.86. The number of likely N-dealkylation sites (N-methyl/N-ethyl adjacent to an activating group) is 1. The quantitative estimate of drug-likeness (QED) is 0.732. The molecular formula is C19H27ClN2O4. The van der Waals surface area contributed by atoms with Gasteiger partial charge in [0.1, 0.15) is 5.54 Å². The number of amides is 1. The third-order valence-electron chi connectivity index (χ3n) is 5.35. The summed E-state index contributed by atoms with van der Waals surface area (Å²) in [5.74, 6) is -0.501. The van der Waals surface area contributed by atoms with E-state index in [9.17, 15) is 9.59 Å². The van der Waals surface area contributed by atoms with Gasteiger partial charge >= 0.3 is 5.97 Å². The van der Waals surface area contributed by atoms with Crippen molar-refractivity contribution in [1.82, 2.24) is 9.96 Å². The molecule has 0 radical (unpaired) electrons. The van der Waals surface area contributed by atoms with Crippen LogP contribution in [0.25, 0.3) is 0 Å². The van der Waals surface area contributed by atoms with Gasteiger partial charge in [0.25, 0.3) is 0 Å². The molecule has 6 nitrogen and oxygen atoms in total. The van der Waals surface area contributed by atoms with E-state index in [4.69, 9.17) is 21.2 Å². The lowest BCUT2D eigenvalue weighted by molar-refractivity contribution is -0.183. The van der Waals surface area contributed by atoms with Crippen LogP contribution in [-0.2, 0) is 25.6 Å². The molecule has 0 aliphatic carbocycles. The monoisotopic (exact) mass is 382 g/mol. The van der Waals surface area contributed by atoms with Gasteiger partial charge in [0.2, 0.25) is 5.91 Å². The second-order valence-corrected chi connectivity index (χ2v) is 7.20. The lowest BCUT2D eigenvalue weighted by Gasteiger charge is -2.44. The zero-order chi connectivity index (χ0) is 19.5. The van der Waals surface area contributed by atoms with Crippen LogP contribution in [0, 0.1) is 13.8 Å². The van der Waals surface area contributed by atoms with Gasteiger partial charge in [-0.05, 0) is 49.4 Å². The van der Waals surface area contributed by atoms with Crippen molar-refractivity contribution < 1.29 is 19.2 Å². The average Bonchev–Trinajstić information content (AvgIpc) is 2.64. The maximum absolute atomic E-state index is 13.0. The maximum Gasteiger partial charge on any atom is 0.331 e. The minimum atomic E-state index is -0.962. The molecule has 0 saturated carbocycles. The molecule has 0 spiro atoms. The normalized spacial score (nSPS) is 17.0. The largest absolute Gasteiger partial charge is 0.467 e. The Bertz CT molecular complexity index is 684. The van der Waals surface area contributed by atoms with Crippen molar-refractivity contribution in [2.24, 2.45) is 0 Å². The van der Waals surface area contributed by atoms with Gasteiger partial charge in [0.15, 0.2) is 0 Å². The van der Waals surface area contributed by atoms with Crippen LogP contribution in [0.2, 0.25) is 5.02 Å². The summed E-state index contributed by atoms with van der Waals surface area (Å²) in [6.45, 7) is 4.96. The van der Waals surface area contributed by atoms with Crippen molar-refractivity contribution in [3.63, 3.8) is 0 Å². The van der Waals surface area contributed by atoms with E-state index in [1.807, 2.05) is 26.0 Å². The zero-order valence-corrected chi connectivity index (χ0v) is 16.9. The topological polar surface area (TPSA) is 59.1 Å². The minimum Gasteiger partial charge on any atom is -0.467 e. The Kier molecular flexibility index (Phi) is 6.66. The fourth-order valence-corrected chi connectivity index (χ4v) is 3.67. The van der Waals surface area contributed by atoms with Crippen LogP contribution in [-0.4, -0.2) is 61.7 Å². The van der Waals surface area contributed by atoms with Crippen molar-refractivity contribution in [2.75, 3.05) is 34.4 Å². The molecule has 144 valence electrons. The summed E-state index contributed by atoms with van der Waals surface area (Å²) in [5.41, 5.74) is 1.84. The van der Waals surface area contributed by atoms with E-state index in [0.29, 0.717) is 31.0 Å². The van der Waals surface area contributed by atoms with Gasteiger partial charge in [-0.2, -0.15) is 5.06 Å². The first-order valence-electron chi connectivity index (χ1n) is 8.65. The fraction of sp³-hybridized carbons (Fsp3) is 0.579. The van der Waals surface area contributed by atoms with Gasteiger partial charge in [0, 0.05) is 25.2 Å². The van der Waals surface area contributed by atoms with Crippen LogP contribution in [0.4, 0.5) is 0 Å². The van der Waals surface area contributed by atoms with Crippen molar-refractivity contribution in [3.8, 4) is 0 Å². The highest BCUT2D eigenvalue weighted by molar-refractivity contribution is 6.31. The molecule has 26 heavy (non-hydrogen) atoms. The second kappa shape index (κ2) is 8.37. The van der Waals surface area contributed by atoms with Gasteiger partial charge in [-0.3, -0.25) is 4.79 Å². The zero-order valence-electron chi connectivity index (χ0n) is 16.1. The maximum atomic E-state index is 13.0. The number of nitrogens with zero attached hydrogens (tertiary/aromatic N) is 2. The molecule has 1 heterocycles. The molecule has 7 heteroatoms. The van der Waals surface area contributed by atoms with Crippen LogP contribution in [0.3, 0.4) is 0 Å². The molecule has 0 atom stereocenters. The second-order valence-electron chi connectivity index (χ2n) is 6.79. The van der Waals surface area contributed by atoms with E-state index in [0.717, 1.165) is 16.7 Å². The molecule has 0 N–H and O–H groups in total. The van der Waals surface area contributed by atoms with Crippen molar-refractivity contribution >= 4 is 23.5 Å². The molecule has 1 aliphatic rings. The summed E-state index contributed by atoms with van der Waals surface area (Å²) >= 11 is 6.14. The van der Waals surface area contributed by atoms with Crippen LogP contribution in [0.1, 0.15) is 29.5 Å². The number of esters is 1. The lowest BCUT2D eigenvalue weighted by Crippen LogP contribution is -2.61. The van der Waals surface area contributed by atoms with Crippen LogP contribution in [0.5, 0.6) is 0 Å². The minimum absolute atomic E-state index is 0.119. The van der Waals surface area contributed by atoms with E-state index < -0.39 is 5.54 Å². The molecule has 0 aromatic heterocycles. The Labute approximate surface area is 159 Å². The number of carbonyl (C=O) groups excluding carboxylic acids is 2. The Morgan fingerprint density at radius 1 is 1.19 bits per heavy atom. The summed E-state index contributed by atoms with van der Waals surface area (Å²) in [6.07, 6.45) is 1.15. The predicted molar refractivity (Wildman–Crippen MR) is 100.0 cm³/mol. The van der Waals surface area contributed by atoms with E-state index >= 15 is 0 Å². The number of benzene rings is 1. The van der Waals surface area contributed by atoms with E-state index in [-0.39, 0.29) is 18.3 Å². The molecule has 1 fully saturated rings. The standard InChI is InChI=1S/C19H27ClN2O4/c1-13-11-16(20)14(2)10-15(13)12-17(23)21(3)19(18(24)25-4)6-8-22(26-5)9-7-19/h10-11H,6-9,12H2,1-5H3. The number of hydrogen-bond donors (Lipinski definition) is 0. The molecule has 1 aromatic carbocycles. The summed E-state index contributed by atoms with van der Waals surface area (Å²) in [5, 5.41) is 2.47. The van der Waals surface area contributed by atoms with Crippen LogP contribution < -0.4 is 0 Å².